The molecule has 2 aliphatic rings. The van der Waals surface area contributed by atoms with E-state index >= 15 is 0 Å². The van der Waals surface area contributed by atoms with Gasteiger partial charge in [0.25, 0.3) is 0 Å². The van der Waals surface area contributed by atoms with E-state index < -0.39 is 0 Å². The first-order valence-corrected chi connectivity index (χ1v) is 10.0. The number of aromatic amines is 1. The predicted molar refractivity (Wildman–Crippen MR) is 105 cm³/mol. The van der Waals surface area contributed by atoms with Crippen LogP contribution in [-0.2, 0) is 16.0 Å². The fourth-order valence-electron chi connectivity index (χ4n) is 4.35. The summed E-state index contributed by atoms with van der Waals surface area (Å²) in [5.74, 6) is 1.37. The van der Waals surface area contributed by atoms with Gasteiger partial charge in [0.2, 0.25) is 17.7 Å². The smallest absolute Gasteiger partial charge is 0.249 e. The highest BCUT2D eigenvalue weighted by molar-refractivity contribution is 5.89. The minimum atomic E-state index is -0.117. The van der Waals surface area contributed by atoms with Crippen molar-refractivity contribution in [3.05, 3.63) is 47.7 Å². The number of carbonyl (C=O) groups excluding carboxylic acids is 2. The third kappa shape index (κ3) is 3.18. The molecule has 2 aromatic heterocycles. The van der Waals surface area contributed by atoms with Crippen LogP contribution in [0.5, 0.6) is 0 Å². The minimum absolute atomic E-state index is 0.0324. The van der Waals surface area contributed by atoms with E-state index in [1.54, 1.807) is 11.8 Å². The Morgan fingerprint density at radius 3 is 2.93 bits per heavy atom. The first kappa shape index (κ1) is 17.9. The van der Waals surface area contributed by atoms with Crippen molar-refractivity contribution in [1.82, 2.24) is 24.9 Å². The van der Waals surface area contributed by atoms with Crippen LogP contribution in [0.1, 0.15) is 49.0 Å². The van der Waals surface area contributed by atoms with E-state index in [1.165, 1.54) is 0 Å². The number of hydrogen-bond acceptors (Lipinski definition) is 5. The van der Waals surface area contributed by atoms with Gasteiger partial charge in [0.15, 0.2) is 5.82 Å². The Labute approximate surface area is 167 Å². The van der Waals surface area contributed by atoms with Gasteiger partial charge in [-0.25, -0.2) is 0 Å². The molecule has 1 aromatic carbocycles. The second kappa shape index (κ2) is 7.02. The molecular formula is C21H23N5O3. The molecule has 5 rings (SSSR count). The Balaban J connectivity index is 1.21. The van der Waals surface area contributed by atoms with Crippen LogP contribution in [0.2, 0.25) is 0 Å². The maximum absolute atomic E-state index is 12.6. The van der Waals surface area contributed by atoms with Crippen molar-refractivity contribution in [2.75, 3.05) is 19.6 Å². The number of likely N-dealkylation sites (tertiary alicyclic amines) is 2. The topological polar surface area (TPSA) is 95.3 Å². The van der Waals surface area contributed by atoms with Crippen molar-refractivity contribution < 1.29 is 14.1 Å². The van der Waals surface area contributed by atoms with E-state index in [2.05, 4.69) is 15.1 Å². The number of amides is 2. The van der Waals surface area contributed by atoms with Crippen molar-refractivity contribution in [2.45, 2.75) is 38.1 Å². The van der Waals surface area contributed by atoms with Gasteiger partial charge in [-0.3, -0.25) is 9.59 Å². The van der Waals surface area contributed by atoms with Gasteiger partial charge >= 0.3 is 0 Å². The Morgan fingerprint density at radius 2 is 2.10 bits per heavy atom. The lowest BCUT2D eigenvalue weighted by Crippen LogP contribution is -2.49. The molecule has 0 aliphatic carbocycles. The number of aromatic nitrogens is 3. The molecule has 150 valence electrons. The summed E-state index contributed by atoms with van der Waals surface area (Å²) in [6.45, 7) is 3.50. The maximum atomic E-state index is 12.6. The van der Waals surface area contributed by atoms with Gasteiger partial charge in [-0.1, -0.05) is 23.4 Å². The largest absolute Gasteiger partial charge is 0.361 e. The van der Waals surface area contributed by atoms with Crippen molar-refractivity contribution in [3.8, 4) is 0 Å². The third-order valence-electron chi connectivity index (χ3n) is 6.02. The van der Waals surface area contributed by atoms with Crippen molar-refractivity contribution in [3.63, 3.8) is 0 Å². The second-order valence-electron chi connectivity index (χ2n) is 7.89. The highest BCUT2D eigenvalue weighted by Gasteiger charge is 2.37. The summed E-state index contributed by atoms with van der Waals surface area (Å²) in [5.41, 5.74) is 2.06. The zero-order valence-corrected chi connectivity index (χ0v) is 16.3. The molecule has 8 nitrogen and oxygen atoms in total. The van der Waals surface area contributed by atoms with Crippen molar-refractivity contribution >= 4 is 22.7 Å². The second-order valence-corrected chi connectivity index (χ2v) is 7.89. The summed E-state index contributed by atoms with van der Waals surface area (Å²) in [7, 11) is 0. The van der Waals surface area contributed by atoms with Gasteiger partial charge in [0.05, 0.1) is 12.3 Å². The fourth-order valence-corrected chi connectivity index (χ4v) is 4.35. The van der Waals surface area contributed by atoms with E-state index in [0.29, 0.717) is 31.2 Å². The van der Waals surface area contributed by atoms with E-state index in [-0.39, 0.29) is 23.8 Å². The summed E-state index contributed by atoms with van der Waals surface area (Å²) in [6.07, 6.45) is 4.08. The highest BCUT2D eigenvalue weighted by atomic mass is 16.5. The van der Waals surface area contributed by atoms with Crippen LogP contribution in [-0.4, -0.2) is 56.4 Å². The lowest BCUT2D eigenvalue weighted by atomic mass is 9.98. The van der Waals surface area contributed by atoms with Crippen LogP contribution in [0.4, 0.5) is 0 Å². The van der Waals surface area contributed by atoms with Crippen LogP contribution in [0.25, 0.3) is 10.9 Å². The van der Waals surface area contributed by atoms with Gasteiger partial charge in [0.1, 0.15) is 6.04 Å². The van der Waals surface area contributed by atoms with Crippen LogP contribution in [0.15, 0.2) is 35.0 Å². The number of nitrogens with zero attached hydrogens (tertiary/aromatic N) is 4. The molecule has 3 aromatic rings. The number of benzene rings is 1. The van der Waals surface area contributed by atoms with Crippen LogP contribution < -0.4 is 0 Å². The Kier molecular flexibility index (Phi) is 4.34. The first-order valence-electron chi connectivity index (χ1n) is 10.0. The van der Waals surface area contributed by atoms with Crippen molar-refractivity contribution in [1.29, 1.82) is 0 Å². The summed E-state index contributed by atoms with van der Waals surface area (Å²) >= 11 is 0. The van der Waals surface area contributed by atoms with Gasteiger partial charge in [-0.15, -0.1) is 0 Å². The lowest BCUT2D eigenvalue weighted by molar-refractivity contribution is -0.135. The van der Waals surface area contributed by atoms with Crippen LogP contribution in [0, 0.1) is 0 Å². The molecule has 8 heteroatoms. The summed E-state index contributed by atoms with van der Waals surface area (Å²) in [6, 6.07) is 7.88. The highest BCUT2D eigenvalue weighted by Crippen LogP contribution is 2.33. The number of rotatable bonds is 4. The number of fused-ring (bicyclic) bond motifs is 1. The molecule has 0 spiro atoms. The molecule has 29 heavy (non-hydrogen) atoms. The monoisotopic (exact) mass is 393 g/mol. The normalized spacial score (nSPS) is 19.7. The molecule has 0 saturated carbocycles. The average molecular weight is 393 g/mol. The quantitative estimate of drug-likeness (QED) is 0.734. The van der Waals surface area contributed by atoms with E-state index in [9.17, 15) is 9.59 Å². The number of carbonyl (C=O) groups is 2. The first-order chi connectivity index (χ1) is 14.1. The van der Waals surface area contributed by atoms with E-state index in [0.717, 1.165) is 35.9 Å². The van der Waals surface area contributed by atoms with Gasteiger partial charge in [-0.05, 0) is 24.5 Å². The van der Waals surface area contributed by atoms with E-state index in [1.807, 2.05) is 35.4 Å². The van der Waals surface area contributed by atoms with Gasteiger partial charge < -0.3 is 19.3 Å². The zero-order valence-electron chi connectivity index (χ0n) is 16.3. The standard InChI is InChI=1S/C21H23N5O3/c1-13(27)26-8-4-7-18(26)21-23-20(24-29-21)15-11-25(12-15)19(28)9-14-10-22-17-6-3-2-5-16(14)17/h2-3,5-6,10,15,18,22H,4,7-9,11-12H2,1H3. The Hall–Kier alpha value is -3.16. The lowest BCUT2D eigenvalue weighted by Gasteiger charge is -2.37. The summed E-state index contributed by atoms with van der Waals surface area (Å²) < 4.78 is 5.45. The molecule has 4 heterocycles. The van der Waals surface area contributed by atoms with Crippen molar-refractivity contribution in [2.24, 2.45) is 0 Å². The molecule has 1 N–H and O–H groups in total. The fraction of sp³-hybridized carbons (Fsp3) is 0.429. The number of hydrogen-bond donors (Lipinski definition) is 1. The molecule has 2 fully saturated rings. The third-order valence-corrected chi connectivity index (χ3v) is 6.02. The molecule has 2 amide bonds. The van der Waals surface area contributed by atoms with Gasteiger partial charge in [0, 0.05) is 43.7 Å². The Morgan fingerprint density at radius 1 is 1.28 bits per heavy atom. The molecular weight excluding hydrogens is 370 g/mol. The molecule has 1 atom stereocenters. The predicted octanol–water partition coefficient (Wildman–Crippen LogP) is 2.40. The van der Waals surface area contributed by atoms with Crippen LogP contribution in [0.3, 0.4) is 0 Å². The minimum Gasteiger partial charge on any atom is -0.361 e. The molecule has 1 unspecified atom stereocenters. The number of H-pyrrole nitrogens is 1. The average Bonchev–Trinajstić information content (AvgIpc) is 3.40. The zero-order chi connectivity index (χ0) is 20.0. The molecule has 0 radical (unpaired) electrons. The van der Waals surface area contributed by atoms with Gasteiger partial charge in [-0.2, -0.15) is 4.98 Å². The molecule has 0 bridgehead atoms. The number of nitrogens with one attached hydrogen (secondary N) is 1. The number of para-hydroxylation sites is 1. The van der Waals surface area contributed by atoms with E-state index in [4.69, 9.17) is 4.52 Å². The van der Waals surface area contributed by atoms with Crippen LogP contribution >= 0.6 is 0 Å². The molecule has 2 saturated heterocycles. The summed E-state index contributed by atoms with van der Waals surface area (Å²) in [5, 5.41) is 5.21. The maximum Gasteiger partial charge on any atom is 0.249 e. The Bertz CT molecular complexity index is 1070. The SMILES string of the molecule is CC(=O)N1CCCC1c1nc(C2CN(C(=O)Cc3c[nH]c4ccccc34)C2)no1. The summed E-state index contributed by atoms with van der Waals surface area (Å²) in [4.78, 5) is 35.8. The molecule has 2 aliphatic heterocycles.